The van der Waals surface area contributed by atoms with Crippen LogP contribution in [0.5, 0.6) is 0 Å². The van der Waals surface area contributed by atoms with Gasteiger partial charge in [0.05, 0.1) is 0 Å². The van der Waals surface area contributed by atoms with Crippen LogP contribution in [0.4, 0.5) is 0 Å². The summed E-state index contributed by atoms with van der Waals surface area (Å²) in [6, 6.07) is 0. The van der Waals surface area contributed by atoms with Crippen LogP contribution in [0, 0.1) is 0 Å². The van der Waals surface area contributed by atoms with Gasteiger partial charge in [0.1, 0.15) is 0 Å². The van der Waals surface area contributed by atoms with Gasteiger partial charge < -0.3 is 10.0 Å². The number of likely N-dealkylation sites (tertiary alicyclic amines) is 1. The van der Waals surface area contributed by atoms with Crippen LogP contribution in [0.15, 0.2) is 0 Å². The second kappa shape index (κ2) is 12.6. The molecule has 0 saturated carbocycles. The van der Waals surface area contributed by atoms with Crippen LogP contribution in [-0.4, -0.2) is 36.8 Å². The topological polar surface area (TPSA) is 23.5 Å². The highest BCUT2D eigenvalue weighted by molar-refractivity contribution is 4.59. The molecule has 0 aliphatic carbocycles. The number of hydrogen-bond acceptors (Lipinski definition) is 2. The Bertz CT molecular complexity index is 51.5. The summed E-state index contributed by atoms with van der Waals surface area (Å²) in [6.07, 6.45) is 2.83. The third-order valence-corrected chi connectivity index (χ3v) is 1.33. The highest BCUT2D eigenvalue weighted by atomic mass is 16.2. The first-order chi connectivity index (χ1) is 5.31. The molecule has 11 heavy (non-hydrogen) atoms. The summed E-state index contributed by atoms with van der Waals surface area (Å²) in [5.74, 6) is 0. The standard InChI is InChI=1S/C5H11N.C2H6O.C2H6/c1-6-4-2-3-5-6;1-2-3;1-2/h2-5H2,1H3;3H,2H2,1H3;1-2H3. The molecule has 1 saturated heterocycles. The van der Waals surface area contributed by atoms with E-state index in [1.807, 2.05) is 13.8 Å². The maximum atomic E-state index is 7.57. The lowest BCUT2D eigenvalue weighted by atomic mass is 10.4. The zero-order valence-corrected chi connectivity index (χ0v) is 8.43. The highest BCUT2D eigenvalue weighted by Crippen LogP contribution is 2.01. The van der Waals surface area contributed by atoms with Crippen LogP contribution < -0.4 is 0 Å². The molecule has 0 radical (unpaired) electrons. The van der Waals surface area contributed by atoms with Gasteiger partial charge >= 0.3 is 0 Å². The first-order valence-corrected chi connectivity index (χ1v) is 4.60. The van der Waals surface area contributed by atoms with Gasteiger partial charge in [-0.05, 0) is 39.9 Å². The fourth-order valence-electron chi connectivity index (χ4n) is 0.875. The Morgan fingerprint density at radius 3 is 1.55 bits per heavy atom. The van der Waals surface area contributed by atoms with Gasteiger partial charge in [0.25, 0.3) is 0 Å². The fraction of sp³-hybridized carbons (Fsp3) is 1.00. The molecular weight excluding hydrogens is 138 g/mol. The lowest BCUT2D eigenvalue weighted by molar-refractivity contribution is 0.318. The molecule has 1 N–H and O–H groups in total. The van der Waals surface area contributed by atoms with Crippen molar-refractivity contribution in [1.29, 1.82) is 0 Å². The SMILES string of the molecule is CC.CCO.CN1CCCC1. The Morgan fingerprint density at radius 2 is 1.45 bits per heavy atom. The summed E-state index contributed by atoms with van der Waals surface area (Å²) in [7, 11) is 2.17. The summed E-state index contributed by atoms with van der Waals surface area (Å²) in [6.45, 7) is 8.57. The lowest BCUT2D eigenvalue weighted by Crippen LogP contribution is -2.10. The molecule has 0 amide bonds. The van der Waals surface area contributed by atoms with E-state index in [9.17, 15) is 0 Å². The molecule has 0 atom stereocenters. The second-order valence-corrected chi connectivity index (χ2v) is 2.33. The van der Waals surface area contributed by atoms with Crippen LogP contribution in [0.1, 0.15) is 33.6 Å². The van der Waals surface area contributed by atoms with E-state index in [1.54, 1.807) is 6.92 Å². The summed E-state index contributed by atoms with van der Waals surface area (Å²) in [4.78, 5) is 2.36. The average molecular weight is 161 g/mol. The molecule has 2 nitrogen and oxygen atoms in total. The highest BCUT2D eigenvalue weighted by Gasteiger charge is 2.03. The Balaban J connectivity index is 0. The predicted octanol–water partition coefficient (Wildman–Crippen LogP) is 1.74. The molecule has 0 aromatic carbocycles. The van der Waals surface area contributed by atoms with Crippen molar-refractivity contribution in [3.63, 3.8) is 0 Å². The molecule has 1 aliphatic rings. The van der Waals surface area contributed by atoms with Gasteiger partial charge in [-0.3, -0.25) is 0 Å². The van der Waals surface area contributed by atoms with Gasteiger partial charge in [0, 0.05) is 6.61 Å². The number of nitrogens with zero attached hydrogens (tertiary/aromatic N) is 1. The predicted molar refractivity (Wildman–Crippen MR) is 50.8 cm³/mol. The van der Waals surface area contributed by atoms with Crippen molar-refractivity contribution in [3.8, 4) is 0 Å². The number of rotatable bonds is 0. The molecule has 0 bridgehead atoms. The van der Waals surface area contributed by atoms with E-state index in [-0.39, 0.29) is 6.61 Å². The molecular formula is C9H23NO. The smallest absolute Gasteiger partial charge is 0.0402 e. The van der Waals surface area contributed by atoms with Gasteiger partial charge in [0.15, 0.2) is 0 Å². The zero-order chi connectivity index (χ0) is 9.11. The minimum atomic E-state index is 0.250. The van der Waals surface area contributed by atoms with Gasteiger partial charge in [-0.2, -0.15) is 0 Å². The monoisotopic (exact) mass is 161 g/mol. The summed E-state index contributed by atoms with van der Waals surface area (Å²) in [5.41, 5.74) is 0. The fourth-order valence-corrected chi connectivity index (χ4v) is 0.875. The van der Waals surface area contributed by atoms with E-state index in [0.717, 1.165) is 0 Å². The van der Waals surface area contributed by atoms with E-state index in [0.29, 0.717) is 0 Å². The van der Waals surface area contributed by atoms with Gasteiger partial charge in [-0.25, -0.2) is 0 Å². The molecule has 0 aromatic rings. The molecule has 70 valence electrons. The molecule has 0 aromatic heterocycles. The number of aliphatic hydroxyl groups is 1. The van der Waals surface area contributed by atoms with Gasteiger partial charge in [0.2, 0.25) is 0 Å². The van der Waals surface area contributed by atoms with Crippen LogP contribution in [0.25, 0.3) is 0 Å². The summed E-state index contributed by atoms with van der Waals surface area (Å²) < 4.78 is 0. The molecule has 1 aliphatic heterocycles. The van der Waals surface area contributed by atoms with E-state index in [2.05, 4.69) is 11.9 Å². The molecule has 1 heterocycles. The molecule has 0 spiro atoms. The first-order valence-electron chi connectivity index (χ1n) is 4.60. The van der Waals surface area contributed by atoms with Gasteiger partial charge in [-0.1, -0.05) is 13.8 Å². The lowest BCUT2D eigenvalue weighted by Gasteiger charge is -2.01. The maximum absolute atomic E-state index is 7.57. The molecule has 2 heteroatoms. The van der Waals surface area contributed by atoms with Gasteiger partial charge in [-0.15, -0.1) is 0 Å². The van der Waals surface area contributed by atoms with Crippen molar-refractivity contribution in [2.45, 2.75) is 33.6 Å². The van der Waals surface area contributed by atoms with Crippen LogP contribution >= 0.6 is 0 Å². The van der Waals surface area contributed by atoms with Crippen molar-refractivity contribution in [2.75, 3.05) is 26.7 Å². The van der Waals surface area contributed by atoms with E-state index in [4.69, 9.17) is 5.11 Å². The summed E-state index contributed by atoms with van der Waals surface area (Å²) >= 11 is 0. The van der Waals surface area contributed by atoms with Crippen molar-refractivity contribution >= 4 is 0 Å². The largest absolute Gasteiger partial charge is 0.397 e. The van der Waals surface area contributed by atoms with Crippen molar-refractivity contribution in [3.05, 3.63) is 0 Å². The molecule has 1 rings (SSSR count). The minimum Gasteiger partial charge on any atom is -0.397 e. The average Bonchev–Trinajstić information content (AvgIpc) is 2.46. The minimum absolute atomic E-state index is 0.250. The zero-order valence-electron chi connectivity index (χ0n) is 8.43. The Hall–Kier alpha value is -0.0800. The third-order valence-electron chi connectivity index (χ3n) is 1.33. The van der Waals surface area contributed by atoms with E-state index in [1.165, 1.54) is 25.9 Å². The first kappa shape index (κ1) is 13.5. The second-order valence-electron chi connectivity index (χ2n) is 2.33. The number of hydrogen-bond donors (Lipinski definition) is 1. The Labute approximate surface area is 71.2 Å². The van der Waals surface area contributed by atoms with Crippen LogP contribution in [0.2, 0.25) is 0 Å². The van der Waals surface area contributed by atoms with Crippen molar-refractivity contribution < 1.29 is 5.11 Å². The maximum Gasteiger partial charge on any atom is 0.0402 e. The summed E-state index contributed by atoms with van der Waals surface area (Å²) in [5, 5.41) is 7.57. The Kier molecular flexibility index (Phi) is 15.4. The van der Waals surface area contributed by atoms with Crippen molar-refractivity contribution in [2.24, 2.45) is 0 Å². The van der Waals surface area contributed by atoms with Crippen molar-refractivity contribution in [1.82, 2.24) is 4.90 Å². The molecule has 1 fully saturated rings. The Morgan fingerprint density at radius 1 is 1.18 bits per heavy atom. The normalized spacial score (nSPS) is 16.1. The quantitative estimate of drug-likeness (QED) is 0.585. The molecule has 0 unspecified atom stereocenters. The van der Waals surface area contributed by atoms with E-state index < -0.39 is 0 Å². The van der Waals surface area contributed by atoms with E-state index >= 15 is 0 Å². The van der Waals surface area contributed by atoms with Crippen LogP contribution in [-0.2, 0) is 0 Å². The third kappa shape index (κ3) is 13.0. The number of aliphatic hydroxyl groups excluding tert-OH is 1. The van der Waals surface area contributed by atoms with Crippen LogP contribution in [0.3, 0.4) is 0 Å².